The van der Waals surface area contributed by atoms with Crippen LogP contribution in [-0.4, -0.2) is 23.2 Å². The monoisotopic (exact) mass is 185 g/mol. The lowest BCUT2D eigenvalue weighted by Crippen LogP contribution is -2.20. The standard InChI is InChI=1S/C8H11NO4/c1-5-7(10)3-6(9(11)12)4-8(5)13-2/h3,8,10H,4H2,1-2H3/t8-/m0/s1. The number of allylic oxidation sites excluding steroid dienone is 1. The third kappa shape index (κ3) is 1.86. The molecule has 0 saturated heterocycles. The number of aliphatic hydroxyl groups excluding tert-OH is 1. The van der Waals surface area contributed by atoms with Crippen molar-refractivity contribution in [3.05, 3.63) is 33.2 Å². The summed E-state index contributed by atoms with van der Waals surface area (Å²) in [5, 5.41) is 19.7. The van der Waals surface area contributed by atoms with Gasteiger partial charge in [-0.15, -0.1) is 0 Å². The number of hydrogen-bond donors (Lipinski definition) is 1. The first-order chi connectivity index (χ1) is 6.06. The van der Waals surface area contributed by atoms with Gasteiger partial charge in [0, 0.05) is 7.11 Å². The molecule has 0 heterocycles. The minimum atomic E-state index is -0.505. The number of hydrogen-bond acceptors (Lipinski definition) is 4. The van der Waals surface area contributed by atoms with Crippen LogP contribution < -0.4 is 0 Å². The Morgan fingerprint density at radius 1 is 1.77 bits per heavy atom. The van der Waals surface area contributed by atoms with E-state index < -0.39 is 4.92 Å². The average molecular weight is 185 g/mol. The van der Waals surface area contributed by atoms with Crippen LogP contribution in [0.1, 0.15) is 13.3 Å². The largest absolute Gasteiger partial charge is 0.508 e. The molecule has 1 rings (SSSR count). The van der Waals surface area contributed by atoms with Crippen LogP contribution in [0.5, 0.6) is 0 Å². The van der Waals surface area contributed by atoms with E-state index >= 15 is 0 Å². The number of nitro groups is 1. The maximum absolute atomic E-state index is 10.4. The molecule has 13 heavy (non-hydrogen) atoms. The first-order valence-electron chi connectivity index (χ1n) is 3.83. The fourth-order valence-corrected chi connectivity index (χ4v) is 1.23. The molecule has 1 atom stereocenters. The summed E-state index contributed by atoms with van der Waals surface area (Å²) in [7, 11) is 1.46. The summed E-state index contributed by atoms with van der Waals surface area (Å²) in [5.41, 5.74) is 0.614. The third-order valence-electron chi connectivity index (χ3n) is 2.10. The molecule has 0 aromatic carbocycles. The molecule has 0 fully saturated rings. The van der Waals surface area contributed by atoms with Gasteiger partial charge >= 0.3 is 0 Å². The van der Waals surface area contributed by atoms with E-state index in [1.807, 2.05) is 0 Å². The molecule has 0 aliphatic heterocycles. The number of nitrogens with zero attached hydrogens (tertiary/aromatic N) is 1. The van der Waals surface area contributed by atoms with E-state index in [0.717, 1.165) is 0 Å². The van der Waals surface area contributed by atoms with Crippen LogP contribution in [0.4, 0.5) is 0 Å². The molecular weight excluding hydrogens is 174 g/mol. The van der Waals surface area contributed by atoms with Gasteiger partial charge in [-0.1, -0.05) is 0 Å². The normalized spacial score (nSPS) is 22.9. The molecule has 0 unspecified atom stereocenters. The van der Waals surface area contributed by atoms with Crippen LogP contribution in [0.15, 0.2) is 23.1 Å². The molecule has 72 valence electrons. The number of aliphatic hydroxyl groups is 1. The lowest BCUT2D eigenvalue weighted by atomic mass is 9.99. The van der Waals surface area contributed by atoms with Crippen LogP contribution in [0, 0.1) is 10.1 Å². The maximum atomic E-state index is 10.4. The lowest BCUT2D eigenvalue weighted by molar-refractivity contribution is -0.429. The van der Waals surface area contributed by atoms with E-state index in [2.05, 4.69) is 0 Å². The van der Waals surface area contributed by atoms with Gasteiger partial charge in [0.05, 0.1) is 23.5 Å². The van der Waals surface area contributed by atoms with Gasteiger partial charge in [-0.25, -0.2) is 0 Å². The Bertz CT molecular complexity index is 293. The predicted molar refractivity (Wildman–Crippen MR) is 45.8 cm³/mol. The van der Waals surface area contributed by atoms with Crippen molar-refractivity contribution in [2.45, 2.75) is 19.4 Å². The highest BCUT2D eigenvalue weighted by Crippen LogP contribution is 2.24. The second kappa shape index (κ2) is 3.57. The van der Waals surface area contributed by atoms with Crippen molar-refractivity contribution >= 4 is 0 Å². The summed E-state index contributed by atoms with van der Waals surface area (Å²) >= 11 is 0. The fourth-order valence-electron chi connectivity index (χ4n) is 1.23. The van der Waals surface area contributed by atoms with Crippen molar-refractivity contribution in [2.75, 3.05) is 7.11 Å². The van der Waals surface area contributed by atoms with Crippen molar-refractivity contribution in [3.63, 3.8) is 0 Å². The number of rotatable bonds is 2. The predicted octanol–water partition coefficient (Wildman–Crippen LogP) is 1.40. The molecule has 5 nitrogen and oxygen atoms in total. The molecule has 0 amide bonds. The Morgan fingerprint density at radius 3 is 2.85 bits per heavy atom. The summed E-state index contributed by atoms with van der Waals surface area (Å²) in [6.45, 7) is 1.69. The SMILES string of the molecule is CO[C@H]1CC([N+](=O)[O-])=CC(O)=C1C. The van der Waals surface area contributed by atoms with Crippen LogP contribution in [0.25, 0.3) is 0 Å². The Hall–Kier alpha value is -1.36. The lowest BCUT2D eigenvalue weighted by Gasteiger charge is -2.18. The highest BCUT2D eigenvalue weighted by atomic mass is 16.6. The second-order valence-electron chi connectivity index (χ2n) is 2.89. The minimum Gasteiger partial charge on any atom is -0.508 e. The van der Waals surface area contributed by atoms with Gasteiger partial charge in [0.25, 0.3) is 5.70 Å². The number of methoxy groups -OCH3 is 1. The van der Waals surface area contributed by atoms with E-state index in [-0.39, 0.29) is 24.0 Å². The van der Waals surface area contributed by atoms with Gasteiger partial charge in [0.2, 0.25) is 0 Å². The topological polar surface area (TPSA) is 72.6 Å². The molecule has 1 aliphatic rings. The molecule has 0 aromatic rings. The van der Waals surface area contributed by atoms with E-state index in [1.165, 1.54) is 13.2 Å². The van der Waals surface area contributed by atoms with Crippen molar-refractivity contribution < 1.29 is 14.8 Å². The van der Waals surface area contributed by atoms with Crippen molar-refractivity contribution in [2.24, 2.45) is 0 Å². The summed E-state index contributed by atoms with van der Waals surface area (Å²) < 4.78 is 4.99. The number of ether oxygens (including phenoxy) is 1. The summed E-state index contributed by atoms with van der Waals surface area (Å²) in [6, 6.07) is 0. The Balaban J connectivity index is 2.97. The molecular formula is C8H11NO4. The van der Waals surface area contributed by atoms with E-state index in [0.29, 0.717) is 5.57 Å². The molecule has 0 aromatic heterocycles. The van der Waals surface area contributed by atoms with Crippen LogP contribution in [0.3, 0.4) is 0 Å². The highest BCUT2D eigenvalue weighted by Gasteiger charge is 2.26. The summed E-state index contributed by atoms with van der Waals surface area (Å²) in [5.74, 6) is -0.0650. The molecule has 0 spiro atoms. The van der Waals surface area contributed by atoms with E-state index in [4.69, 9.17) is 4.74 Å². The van der Waals surface area contributed by atoms with Gasteiger partial charge in [-0.2, -0.15) is 0 Å². The van der Waals surface area contributed by atoms with Gasteiger partial charge in [0.15, 0.2) is 0 Å². The van der Waals surface area contributed by atoms with Crippen LogP contribution in [-0.2, 0) is 4.74 Å². The molecule has 1 N–H and O–H groups in total. The van der Waals surface area contributed by atoms with Gasteiger partial charge < -0.3 is 9.84 Å². The van der Waals surface area contributed by atoms with Crippen LogP contribution in [0.2, 0.25) is 0 Å². The van der Waals surface area contributed by atoms with Crippen molar-refractivity contribution in [3.8, 4) is 0 Å². The molecule has 1 aliphatic carbocycles. The smallest absolute Gasteiger partial charge is 0.252 e. The zero-order valence-electron chi connectivity index (χ0n) is 7.48. The summed E-state index contributed by atoms with van der Waals surface area (Å²) in [4.78, 5) is 9.91. The molecule has 0 bridgehead atoms. The Labute approximate surface area is 75.5 Å². The minimum absolute atomic E-state index is 0.0186. The highest BCUT2D eigenvalue weighted by molar-refractivity contribution is 5.28. The Morgan fingerprint density at radius 2 is 2.38 bits per heavy atom. The first-order valence-corrected chi connectivity index (χ1v) is 3.83. The Kier molecular flexibility index (Phi) is 2.67. The molecule has 5 heteroatoms. The zero-order valence-corrected chi connectivity index (χ0v) is 7.48. The molecule has 0 radical (unpaired) electrons. The van der Waals surface area contributed by atoms with Gasteiger partial charge in [-0.05, 0) is 12.5 Å². The zero-order chi connectivity index (χ0) is 10.0. The van der Waals surface area contributed by atoms with E-state index in [9.17, 15) is 15.2 Å². The van der Waals surface area contributed by atoms with E-state index in [1.54, 1.807) is 6.92 Å². The quantitative estimate of drug-likeness (QED) is 0.521. The van der Waals surface area contributed by atoms with Crippen molar-refractivity contribution in [1.29, 1.82) is 0 Å². The first kappa shape index (κ1) is 9.73. The van der Waals surface area contributed by atoms with Gasteiger partial charge in [-0.3, -0.25) is 10.1 Å². The fraction of sp³-hybridized carbons (Fsp3) is 0.500. The third-order valence-corrected chi connectivity index (χ3v) is 2.10. The van der Waals surface area contributed by atoms with Crippen molar-refractivity contribution in [1.82, 2.24) is 0 Å². The summed E-state index contributed by atoms with van der Waals surface area (Å²) in [6.07, 6.45) is 0.995. The van der Waals surface area contributed by atoms with Gasteiger partial charge in [0.1, 0.15) is 5.76 Å². The van der Waals surface area contributed by atoms with Crippen LogP contribution >= 0.6 is 0 Å². The second-order valence-corrected chi connectivity index (χ2v) is 2.89. The molecule has 0 saturated carbocycles. The average Bonchev–Trinajstić information content (AvgIpc) is 2.09. The maximum Gasteiger partial charge on any atom is 0.252 e.